The van der Waals surface area contributed by atoms with Gasteiger partial charge in [0.05, 0.1) is 17.5 Å². The average molecular weight is 386 g/mol. The molecular weight excluding hydrogens is 364 g/mol. The molecule has 1 aromatic carbocycles. The Morgan fingerprint density at radius 2 is 1.93 bits per heavy atom. The molecule has 0 fully saturated rings. The van der Waals surface area contributed by atoms with E-state index in [1.54, 1.807) is 6.92 Å². The van der Waals surface area contributed by atoms with E-state index in [0.717, 1.165) is 5.75 Å². The minimum Gasteiger partial charge on any atom is -0.492 e. The van der Waals surface area contributed by atoms with E-state index in [1.807, 2.05) is 24.3 Å². The third kappa shape index (κ3) is 3.88. The van der Waals surface area contributed by atoms with Crippen molar-refractivity contribution in [3.8, 4) is 5.75 Å². The van der Waals surface area contributed by atoms with Gasteiger partial charge in [0.15, 0.2) is 0 Å². The molecule has 3 rings (SSSR count). The van der Waals surface area contributed by atoms with Gasteiger partial charge in [0.1, 0.15) is 23.0 Å². The van der Waals surface area contributed by atoms with Crippen molar-refractivity contribution in [3.05, 3.63) is 57.0 Å². The number of fused-ring (bicyclic) bond motifs is 1. The van der Waals surface area contributed by atoms with E-state index >= 15 is 0 Å². The predicted octanol–water partition coefficient (Wildman–Crippen LogP) is 3.84. The fourth-order valence-corrected chi connectivity index (χ4v) is 3.80. The number of hydrogen-bond acceptors (Lipinski definition) is 5. The number of carboxylic acids is 1. The molecule has 0 saturated heterocycles. The summed E-state index contributed by atoms with van der Waals surface area (Å²) in [7, 11) is 0. The van der Waals surface area contributed by atoms with Gasteiger partial charge in [-0.2, -0.15) is 0 Å². The van der Waals surface area contributed by atoms with Gasteiger partial charge in [0, 0.05) is 5.38 Å². The standard InChI is InChI=1S/C20H22N2O4S/c1-12-21-17-16(15(11-27-17)19(24)25)18(23)22(12)9-10-26-14-7-5-13(6-8-14)20(2,3)4/h5-8,11H,9-10H2,1-4H3,(H,24,25). The molecule has 0 spiro atoms. The molecule has 0 atom stereocenters. The first-order valence-corrected chi connectivity index (χ1v) is 9.51. The van der Waals surface area contributed by atoms with Crippen LogP contribution in [0.15, 0.2) is 34.4 Å². The number of benzene rings is 1. The Kier molecular flexibility index (Phi) is 5.06. The number of carboxylic acid groups (broad SMARTS) is 1. The Morgan fingerprint density at radius 3 is 2.52 bits per heavy atom. The number of aromatic nitrogens is 2. The van der Waals surface area contributed by atoms with Gasteiger partial charge in [-0.25, -0.2) is 9.78 Å². The summed E-state index contributed by atoms with van der Waals surface area (Å²) in [5.41, 5.74) is 0.949. The van der Waals surface area contributed by atoms with Crippen molar-refractivity contribution in [2.75, 3.05) is 6.61 Å². The molecular formula is C20H22N2O4S. The molecule has 0 aliphatic rings. The normalized spacial score (nSPS) is 11.7. The molecule has 2 heterocycles. The van der Waals surface area contributed by atoms with Crippen LogP contribution >= 0.6 is 11.3 Å². The molecule has 27 heavy (non-hydrogen) atoms. The second kappa shape index (κ2) is 7.15. The van der Waals surface area contributed by atoms with Crippen LogP contribution < -0.4 is 10.3 Å². The third-order valence-electron chi connectivity index (χ3n) is 4.42. The highest BCUT2D eigenvalue weighted by Crippen LogP contribution is 2.24. The highest BCUT2D eigenvalue weighted by Gasteiger charge is 2.18. The smallest absolute Gasteiger partial charge is 0.337 e. The van der Waals surface area contributed by atoms with Crippen molar-refractivity contribution in [1.29, 1.82) is 0 Å². The summed E-state index contributed by atoms with van der Waals surface area (Å²) in [6.07, 6.45) is 0. The molecule has 6 nitrogen and oxygen atoms in total. The molecule has 0 bridgehead atoms. The topological polar surface area (TPSA) is 81.4 Å². The Morgan fingerprint density at radius 1 is 1.26 bits per heavy atom. The first-order valence-electron chi connectivity index (χ1n) is 8.64. The molecule has 7 heteroatoms. The highest BCUT2D eigenvalue weighted by atomic mass is 32.1. The van der Waals surface area contributed by atoms with Gasteiger partial charge in [-0.3, -0.25) is 9.36 Å². The summed E-state index contributed by atoms with van der Waals surface area (Å²) >= 11 is 1.17. The zero-order valence-electron chi connectivity index (χ0n) is 15.8. The van der Waals surface area contributed by atoms with Crippen LogP contribution in [-0.2, 0) is 12.0 Å². The van der Waals surface area contributed by atoms with Crippen LogP contribution in [0.1, 0.15) is 42.5 Å². The Balaban J connectivity index is 1.78. The molecule has 2 aromatic heterocycles. The van der Waals surface area contributed by atoms with E-state index in [9.17, 15) is 14.7 Å². The van der Waals surface area contributed by atoms with E-state index < -0.39 is 5.97 Å². The maximum absolute atomic E-state index is 12.7. The second-order valence-corrected chi connectivity index (χ2v) is 8.23. The maximum Gasteiger partial charge on any atom is 0.337 e. The lowest BCUT2D eigenvalue weighted by Gasteiger charge is -2.19. The number of thiophene rings is 1. The quantitative estimate of drug-likeness (QED) is 0.720. The van der Waals surface area contributed by atoms with Crippen LogP contribution in [0.4, 0.5) is 0 Å². The van der Waals surface area contributed by atoms with Crippen molar-refractivity contribution in [2.24, 2.45) is 0 Å². The van der Waals surface area contributed by atoms with Crippen molar-refractivity contribution in [2.45, 2.75) is 39.7 Å². The Hall–Kier alpha value is -2.67. The van der Waals surface area contributed by atoms with Gasteiger partial charge in [-0.05, 0) is 30.0 Å². The molecule has 3 aromatic rings. The number of aromatic carboxylic acids is 1. The van der Waals surface area contributed by atoms with E-state index in [2.05, 4.69) is 25.8 Å². The summed E-state index contributed by atoms with van der Waals surface area (Å²) in [6, 6.07) is 7.90. The predicted molar refractivity (Wildman–Crippen MR) is 106 cm³/mol. The molecule has 0 unspecified atom stereocenters. The number of rotatable bonds is 5. The van der Waals surface area contributed by atoms with Crippen molar-refractivity contribution in [1.82, 2.24) is 9.55 Å². The number of nitrogens with zero attached hydrogens (tertiary/aromatic N) is 2. The van der Waals surface area contributed by atoms with Crippen LogP contribution in [-0.4, -0.2) is 27.2 Å². The highest BCUT2D eigenvalue weighted by molar-refractivity contribution is 7.17. The molecule has 142 valence electrons. The van der Waals surface area contributed by atoms with Crippen LogP contribution in [0.3, 0.4) is 0 Å². The summed E-state index contributed by atoms with van der Waals surface area (Å²) in [4.78, 5) is 28.9. The van der Waals surface area contributed by atoms with E-state index in [4.69, 9.17) is 4.74 Å². The fourth-order valence-electron chi connectivity index (χ4n) is 2.85. The number of ether oxygens (including phenoxy) is 1. The minimum atomic E-state index is -1.12. The van der Waals surface area contributed by atoms with Gasteiger partial charge in [0.2, 0.25) is 0 Å². The van der Waals surface area contributed by atoms with Gasteiger partial charge < -0.3 is 9.84 Å². The minimum absolute atomic E-state index is 0.0000579. The average Bonchev–Trinajstić information content (AvgIpc) is 3.01. The lowest BCUT2D eigenvalue weighted by molar-refractivity contribution is 0.0699. The van der Waals surface area contributed by atoms with E-state index in [-0.39, 0.29) is 28.5 Å². The summed E-state index contributed by atoms with van der Waals surface area (Å²) in [6.45, 7) is 8.77. The van der Waals surface area contributed by atoms with Gasteiger partial charge in [-0.1, -0.05) is 32.9 Å². The largest absolute Gasteiger partial charge is 0.492 e. The van der Waals surface area contributed by atoms with Crippen LogP contribution in [0.2, 0.25) is 0 Å². The molecule has 0 radical (unpaired) electrons. The zero-order chi connectivity index (χ0) is 19.8. The zero-order valence-corrected chi connectivity index (χ0v) is 16.6. The van der Waals surface area contributed by atoms with E-state index in [1.165, 1.54) is 26.8 Å². The number of aryl methyl sites for hydroxylation is 1. The van der Waals surface area contributed by atoms with Gasteiger partial charge in [-0.15, -0.1) is 11.3 Å². The molecule has 0 aliphatic heterocycles. The molecule has 0 aliphatic carbocycles. The summed E-state index contributed by atoms with van der Waals surface area (Å²) in [5.74, 6) is 0.146. The van der Waals surface area contributed by atoms with Crippen molar-refractivity contribution < 1.29 is 14.6 Å². The van der Waals surface area contributed by atoms with Gasteiger partial charge >= 0.3 is 5.97 Å². The molecule has 0 amide bonds. The molecule has 0 saturated carbocycles. The van der Waals surface area contributed by atoms with Crippen molar-refractivity contribution in [3.63, 3.8) is 0 Å². The molecule has 1 N–H and O–H groups in total. The lowest BCUT2D eigenvalue weighted by atomic mass is 9.87. The fraction of sp³-hybridized carbons (Fsp3) is 0.350. The number of hydrogen-bond donors (Lipinski definition) is 1. The summed E-state index contributed by atoms with van der Waals surface area (Å²) in [5, 5.41) is 10.9. The van der Waals surface area contributed by atoms with Crippen LogP contribution in [0, 0.1) is 6.92 Å². The SMILES string of the molecule is Cc1nc2scc(C(=O)O)c2c(=O)n1CCOc1ccc(C(C)(C)C)cc1. The van der Waals surface area contributed by atoms with Gasteiger partial charge in [0.25, 0.3) is 5.56 Å². The monoisotopic (exact) mass is 386 g/mol. The number of carbonyl (C=O) groups is 1. The Bertz CT molecular complexity index is 1040. The van der Waals surface area contributed by atoms with Crippen LogP contribution in [0.25, 0.3) is 10.2 Å². The lowest BCUT2D eigenvalue weighted by Crippen LogP contribution is -2.27. The van der Waals surface area contributed by atoms with E-state index in [0.29, 0.717) is 17.2 Å². The second-order valence-electron chi connectivity index (χ2n) is 7.37. The third-order valence-corrected chi connectivity index (χ3v) is 5.29. The first-order chi connectivity index (χ1) is 12.7. The maximum atomic E-state index is 12.7. The Labute approximate surface area is 161 Å². The first kappa shape index (κ1) is 19.1. The van der Waals surface area contributed by atoms with Crippen molar-refractivity contribution >= 4 is 27.5 Å². The van der Waals surface area contributed by atoms with Crippen LogP contribution in [0.5, 0.6) is 5.75 Å². The summed E-state index contributed by atoms with van der Waals surface area (Å²) < 4.78 is 7.22.